The zero-order valence-electron chi connectivity index (χ0n) is 11.6. The number of benzene rings is 1. The molecule has 2 N–H and O–H groups in total. The van der Waals surface area contributed by atoms with Crippen molar-refractivity contribution in [1.82, 2.24) is 0 Å². The van der Waals surface area contributed by atoms with E-state index in [4.69, 9.17) is 9.84 Å². The van der Waals surface area contributed by atoms with Crippen LogP contribution in [0.4, 0.5) is 5.69 Å². The number of ether oxygens (including phenoxy) is 1. The second-order valence-corrected chi connectivity index (χ2v) is 5.59. The lowest BCUT2D eigenvalue weighted by molar-refractivity contribution is -0.113. The predicted octanol–water partition coefficient (Wildman–Crippen LogP) is 2.30. The molecule has 0 saturated heterocycles. The van der Waals surface area contributed by atoms with Crippen LogP contribution in [-0.2, 0) is 4.79 Å². The number of nitrogens with one attached hydrogen (secondary N) is 1. The SMILES string of the molecule is COc1ccc(C)cc1NC(=O)CSCC(C)CO. The molecule has 0 aliphatic heterocycles. The van der Waals surface area contributed by atoms with E-state index in [0.717, 1.165) is 11.3 Å². The molecule has 19 heavy (non-hydrogen) atoms. The number of hydrogen-bond donors (Lipinski definition) is 2. The highest BCUT2D eigenvalue weighted by atomic mass is 32.2. The standard InChI is InChI=1S/C14H21NO3S/c1-10-4-5-13(18-3)12(6-10)15-14(17)9-19-8-11(2)7-16/h4-6,11,16H,7-9H2,1-3H3,(H,15,17). The van der Waals surface area contributed by atoms with Crippen molar-refractivity contribution in [2.24, 2.45) is 5.92 Å². The van der Waals surface area contributed by atoms with Crippen LogP contribution in [0, 0.1) is 12.8 Å². The first kappa shape index (κ1) is 15.9. The van der Waals surface area contributed by atoms with E-state index in [0.29, 0.717) is 17.2 Å². The topological polar surface area (TPSA) is 58.6 Å². The van der Waals surface area contributed by atoms with E-state index in [1.807, 2.05) is 32.0 Å². The van der Waals surface area contributed by atoms with Crippen LogP contribution >= 0.6 is 11.8 Å². The van der Waals surface area contributed by atoms with Gasteiger partial charge in [-0.25, -0.2) is 0 Å². The largest absolute Gasteiger partial charge is 0.495 e. The molecule has 0 heterocycles. The summed E-state index contributed by atoms with van der Waals surface area (Å²) < 4.78 is 5.21. The van der Waals surface area contributed by atoms with Gasteiger partial charge in [0.1, 0.15) is 5.75 Å². The highest BCUT2D eigenvalue weighted by Crippen LogP contribution is 2.25. The van der Waals surface area contributed by atoms with Gasteiger partial charge in [0.25, 0.3) is 0 Å². The molecule has 4 nitrogen and oxygen atoms in total. The molecule has 0 bridgehead atoms. The molecule has 1 amide bonds. The Morgan fingerprint density at radius 2 is 2.26 bits per heavy atom. The lowest BCUT2D eigenvalue weighted by Crippen LogP contribution is -2.16. The van der Waals surface area contributed by atoms with Crippen molar-refractivity contribution in [1.29, 1.82) is 0 Å². The van der Waals surface area contributed by atoms with Crippen molar-refractivity contribution in [2.75, 3.05) is 30.5 Å². The van der Waals surface area contributed by atoms with E-state index in [-0.39, 0.29) is 18.4 Å². The summed E-state index contributed by atoms with van der Waals surface area (Å²) in [6.45, 7) is 4.07. The van der Waals surface area contributed by atoms with Crippen molar-refractivity contribution in [3.05, 3.63) is 23.8 Å². The number of methoxy groups -OCH3 is 1. The minimum atomic E-state index is -0.0564. The molecule has 106 valence electrons. The molecule has 1 unspecified atom stereocenters. The monoisotopic (exact) mass is 283 g/mol. The summed E-state index contributed by atoms with van der Waals surface area (Å²) in [5.41, 5.74) is 1.76. The van der Waals surface area contributed by atoms with E-state index in [1.165, 1.54) is 11.8 Å². The van der Waals surface area contributed by atoms with Crippen LogP contribution < -0.4 is 10.1 Å². The highest BCUT2D eigenvalue weighted by molar-refractivity contribution is 7.99. The van der Waals surface area contributed by atoms with Gasteiger partial charge < -0.3 is 15.2 Å². The van der Waals surface area contributed by atoms with Crippen molar-refractivity contribution < 1.29 is 14.6 Å². The number of aliphatic hydroxyl groups excluding tert-OH is 1. The molecule has 1 atom stereocenters. The van der Waals surface area contributed by atoms with Crippen molar-refractivity contribution in [3.8, 4) is 5.75 Å². The molecule has 1 aromatic rings. The highest BCUT2D eigenvalue weighted by Gasteiger charge is 2.09. The van der Waals surface area contributed by atoms with Crippen LogP contribution in [0.1, 0.15) is 12.5 Å². The zero-order chi connectivity index (χ0) is 14.3. The Kier molecular flexibility index (Phi) is 6.73. The van der Waals surface area contributed by atoms with E-state index in [9.17, 15) is 4.79 Å². The maximum atomic E-state index is 11.8. The number of carbonyl (C=O) groups is 1. The van der Waals surface area contributed by atoms with Gasteiger partial charge in [-0.1, -0.05) is 13.0 Å². The molecule has 0 aromatic heterocycles. The fourth-order valence-corrected chi connectivity index (χ4v) is 2.39. The van der Waals surface area contributed by atoms with Gasteiger partial charge in [0.05, 0.1) is 18.6 Å². The van der Waals surface area contributed by atoms with Crippen molar-refractivity contribution in [2.45, 2.75) is 13.8 Å². The Morgan fingerprint density at radius 1 is 1.53 bits per heavy atom. The first-order valence-corrected chi connectivity index (χ1v) is 7.35. The molecule has 1 aromatic carbocycles. The molecule has 1 rings (SSSR count). The Balaban J connectivity index is 2.50. The number of amides is 1. The average molecular weight is 283 g/mol. The molecule has 0 aliphatic carbocycles. The fraction of sp³-hybridized carbons (Fsp3) is 0.500. The van der Waals surface area contributed by atoms with Crippen LogP contribution in [-0.4, -0.2) is 36.2 Å². The number of rotatable bonds is 7. The summed E-state index contributed by atoms with van der Waals surface area (Å²) in [5.74, 6) is 1.97. The van der Waals surface area contributed by atoms with Crippen molar-refractivity contribution in [3.63, 3.8) is 0 Å². The number of carbonyl (C=O) groups excluding carboxylic acids is 1. The summed E-state index contributed by atoms with van der Waals surface area (Å²) in [6.07, 6.45) is 0. The molecule has 0 spiro atoms. The minimum Gasteiger partial charge on any atom is -0.495 e. The normalized spacial score (nSPS) is 12.0. The molecular weight excluding hydrogens is 262 g/mol. The second-order valence-electron chi connectivity index (χ2n) is 4.55. The van der Waals surface area contributed by atoms with Gasteiger partial charge in [-0.3, -0.25) is 4.79 Å². The van der Waals surface area contributed by atoms with E-state index >= 15 is 0 Å². The second kappa shape index (κ2) is 8.07. The molecule has 5 heteroatoms. The maximum absolute atomic E-state index is 11.8. The van der Waals surface area contributed by atoms with E-state index < -0.39 is 0 Å². The molecular formula is C14H21NO3S. The predicted molar refractivity (Wildman–Crippen MR) is 79.9 cm³/mol. The third-order valence-electron chi connectivity index (χ3n) is 2.58. The summed E-state index contributed by atoms with van der Waals surface area (Å²) in [5, 5.41) is 11.8. The first-order valence-electron chi connectivity index (χ1n) is 6.20. The number of anilines is 1. The molecule has 0 fully saturated rings. The van der Waals surface area contributed by atoms with Gasteiger partial charge in [0, 0.05) is 6.61 Å². The summed E-state index contributed by atoms with van der Waals surface area (Å²) in [7, 11) is 1.58. The minimum absolute atomic E-state index is 0.0564. The maximum Gasteiger partial charge on any atom is 0.234 e. The average Bonchev–Trinajstić information content (AvgIpc) is 2.38. The number of aliphatic hydroxyl groups is 1. The van der Waals surface area contributed by atoms with Gasteiger partial charge in [0.2, 0.25) is 5.91 Å². The van der Waals surface area contributed by atoms with Crippen molar-refractivity contribution >= 4 is 23.4 Å². The zero-order valence-corrected chi connectivity index (χ0v) is 12.4. The van der Waals surface area contributed by atoms with Crippen LogP contribution in [0.2, 0.25) is 0 Å². The van der Waals surface area contributed by atoms with Gasteiger partial charge in [0.15, 0.2) is 0 Å². The Hall–Kier alpha value is -1.20. The van der Waals surface area contributed by atoms with Gasteiger partial charge >= 0.3 is 0 Å². The Labute approximate surface area is 118 Å². The number of thioether (sulfide) groups is 1. The lowest BCUT2D eigenvalue weighted by Gasteiger charge is -2.11. The number of hydrogen-bond acceptors (Lipinski definition) is 4. The van der Waals surface area contributed by atoms with Gasteiger partial charge in [-0.05, 0) is 36.3 Å². The number of aryl methyl sites for hydroxylation is 1. The molecule has 0 radical (unpaired) electrons. The Bertz CT molecular complexity index is 423. The summed E-state index contributed by atoms with van der Waals surface area (Å²) in [6, 6.07) is 5.66. The van der Waals surface area contributed by atoms with Crippen LogP contribution in [0.25, 0.3) is 0 Å². The summed E-state index contributed by atoms with van der Waals surface area (Å²) >= 11 is 1.52. The third-order valence-corrected chi connectivity index (χ3v) is 3.85. The van der Waals surface area contributed by atoms with Crippen LogP contribution in [0.15, 0.2) is 18.2 Å². The first-order chi connectivity index (χ1) is 9.06. The van der Waals surface area contributed by atoms with Crippen LogP contribution in [0.5, 0.6) is 5.75 Å². The van der Waals surface area contributed by atoms with Gasteiger partial charge in [-0.15, -0.1) is 0 Å². The lowest BCUT2D eigenvalue weighted by atomic mass is 10.2. The van der Waals surface area contributed by atoms with E-state index in [2.05, 4.69) is 5.32 Å². The van der Waals surface area contributed by atoms with Gasteiger partial charge in [-0.2, -0.15) is 11.8 Å². The molecule has 0 aliphatic rings. The van der Waals surface area contributed by atoms with E-state index in [1.54, 1.807) is 7.11 Å². The Morgan fingerprint density at radius 3 is 2.89 bits per heavy atom. The molecule has 0 saturated carbocycles. The summed E-state index contributed by atoms with van der Waals surface area (Å²) in [4.78, 5) is 11.8. The third kappa shape index (κ3) is 5.53. The quantitative estimate of drug-likeness (QED) is 0.806. The fourth-order valence-electron chi connectivity index (χ4n) is 1.51. The smallest absolute Gasteiger partial charge is 0.234 e. The van der Waals surface area contributed by atoms with Crippen LogP contribution in [0.3, 0.4) is 0 Å².